The first-order chi connectivity index (χ1) is 19.1. The lowest BCUT2D eigenvalue weighted by Crippen LogP contribution is -2.35. The van der Waals surface area contributed by atoms with E-state index in [1.807, 2.05) is 86.9 Å². The second kappa shape index (κ2) is 15.1. The van der Waals surface area contributed by atoms with Gasteiger partial charge in [-0.3, -0.25) is 4.79 Å². The molecule has 0 saturated heterocycles. The maximum absolute atomic E-state index is 12.4. The predicted octanol–water partition coefficient (Wildman–Crippen LogP) is 5.18. The second-order valence-corrected chi connectivity index (χ2v) is 10.3. The molecule has 1 atom stereocenters. The summed E-state index contributed by atoms with van der Waals surface area (Å²) in [7, 11) is 4.04. The Morgan fingerprint density at radius 1 is 0.974 bits per heavy atom. The molecule has 0 fully saturated rings. The number of thioether (sulfide) groups is 1. The van der Waals surface area contributed by atoms with Crippen LogP contribution in [0.2, 0.25) is 0 Å². The molecule has 1 N–H and O–H groups in total. The number of carbonyl (C=O) groups excluding carboxylic acids is 1. The van der Waals surface area contributed by atoms with E-state index in [9.17, 15) is 4.79 Å². The molecule has 1 unspecified atom stereocenters. The Balaban J connectivity index is 1.16. The zero-order valence-corrected chi connectivity index (χ0v) is 23.1. The Morgan fingerprint density at radius 2 is 1.69 bits per heavy atom. The molecule has 0 radical (unpaired) electrons. The summed E-state index contributed by atoms with van der Waals surface area (Å²) in [4.78, 5) is 14.5. The smallest absolute Gasteiger partial charge is 0.250 e. The van der Waals surface area contributed by atoms with Crippen LogP contribution in [0.3, 0.4) is 0 Å². The van der Waals surface area contributed by atoms with Crippen LogP contribution in [0.4, 0.5) is 5.69 Å². The van der Waals surface area contributed by atoms with Gasteiger partial charge in [0.15, 0.2) is 0 Å². The lowest BCUT2D eigenvalue weighted by molar-refractivity contribution is -0.121. The predicted molar refractivity (Wildman–Crippen MR) is 155 cm³/mol. The highest BCUT2D eigenvalue weighted by Crippen LogP contribution is 2.22. The number of benzene rings is 3. The van der Waals surface area contributed by atoms with Crippen molar-refractivity contribution in [3.63, 3.8) is 0 Å². The Labute approximate surface area is 233 Å². The zero-order chi connectivity index (χ0) is 27.3. The van der Waals surface area contributed by atoms with E-state index in [0.717, 1.165) is 23.5 Å². The van der Waals surface area contributed by atoms with Crippen molar-refractivity contribution in [3.05, 3.63) is 96.4 Å². The maximum Gasteiger partial charge on any atom is 0.250 e. The van der Waals surface area contributed by atoms with Crippen LogP contribution in [0.25, 0.3) is 11.5 Å². The van der Waals surface area contributed by atoms with E-state index in [0.29, 0.717) is 36.4 Å². The number of likely N-dealkylation sites (N-methyl/N-ethyl adjacent to an activating group) is 1. The minimum atomic E-state index is -0.201. The van der Waals surface area contributed by atoms with Gasteiger partial charge in [-0.2, -0.15) is 0 Å². The molecule has 4 aromatic rings. The van der Waals surface area contributed by atoms with Crippen molar-refractivity contribution in [1.82, 2.24) is 15.1 Å². The minimum absolute atomic E-state index is 0.0119. The van der Waals surface area contributed by atoms with Crippen molar-refractivity contribution in [1.29, 1.82) is 0 Å². The van der Waals surface area contributed by atoms with Crippen LogP contribution in [0, 0.1) is 0 Å². The lowest BCUT2D eigenvalue weighted by Gasteiger charge is -2.24. The zero-order valence-electron chi connectivity index (χ0n) is 22.3. The Morgan fingerprint density at radius 3 is 2.41 bits per heavy atom. The largest absolute Gasteiger partial charge is 0.493 e. The summed E-state index contributed by atoms with van der Waals surface area (Å²) in [5.74, 6) is 3.09. The van der Waals surface area contributed by atoms with Crippen LogP contribution in [0.15, 0.2) is 89.3 Å². The van der Waals surface area contributed by atoms with Crippen LogP contribution < -0.4 is 10.1 Å². The molecule has 8 nitrogen and oxygen atoms in total. The summed E-state index contributed by atoms with van der Waals surface area (Å²) in [6, 6.07) is 27.5. The molecule has 0 saturated carbocycles. The van der Waals surface area contributed by atoms with Crippen LogP contribution >= 0.6 is 11.8 Å². The summed E-state index contributed by atoms with van der Waals surface area (Å²) in [6.45, 7) is 1.06. The van der Waals surface area contributed by atoms with E-state index < -0.39 is 0 Å². The van der Waals surface area contributed by atoms with E-state index in [1.165, 1.54) is 5.56 Å². The van der Waals surface area contributed by atoms with Crippen molar-refractivity contribution in [2.75, 3.05) is 45.0 Å². The third-order valence-electron chi connectivity index (χ3n) is 5.94. The maximum atomic E-state index is 12.4. The Bertz CT molecular complexity index is 1270. The highest BCUT2D eigenvalue weighted by atomic mass is 32.2. The number of carbonyl (C=O) groups is 1. The molecule has 4 rings (SSSR count). The number of hydrogen-bond donors (Lipinski definition) is 1. The fourth-order valence-electron chi connectivity index (χ4n) is 3.78. The summed E-state index contributed by atoms with van der Waals surface area (Å²) in [5.41, 5.74) is 2.70. The average Bonchev–Trinajstić information content (AvgIpc) is 3.43. The van der Waals surface area contributed by atoms with Crippen LogP contribution in [-0.2, 0) is 21.7 Å². The van der Waals surface area contributed by atoms with E-state index >= 15 is 0 Å². The molecule has 0 aliphatic rings. The molecule has 1 aromatic heterocycles. The minimum Gasteiger partial charge on any atom is -0.493 e. The quantitative estimate of drug-likeness (QED) is 0.204. The third-order valence-corrected chi connectivity index (χ3v) is 6.84. The molecule has 1 heterocycles. The monoisotopic (exact) mass is 546 g/mol. The molecule has 204 valence electrons. The SMILES string of the molecule is CN(C)C(COCC(=O)Nc1ccc(-c2nnc(CSCCOc3ccccc3)o2)cc1)Cc1ccccc1. The van der Waals surface area contributed by atoms with Gasteiger partial charge in [-0.1, -0.05) is 48.5 Å². The van der Waals surface area contributed by atoms with Gasteiger partial charge in [-0.15, -0.1) is 22.0 Å². The topological polar surface area (TPSA) is 89.7 Å². The van der Waals surface area contributed by atoms with Crippen molar-refractivity contribution in [2.24, 2.45) is 0 Å². The number of hydrogen-bond acceptors (Lipinski definition) is 8. The number of nitrogens with zero attached hydrogens (tertiary/aromatic N) is 3. The van der Waals surface area contributed by atoms with Gasteiger partial charge in [0.1, 0.15) is 12.4 Å². The summed E-state index contributed by atoms with van der Waals surface area (Å²) >= 11 is 1.67. The van der Waals surface area contributed by atoms with E-state index in [1.54, 1.807) is 11.8 Å². The number of aromatic nitrogens is 2. The van der Waals surface area contributed by atoms with Crippen LogP contribution in [0.1, 0.15) is 11.5 Å². The molecule has 0 aliphatic heterocycles. The van der Waals surface area contributed by atoms with Gasteiger partial charge in [-0.05, 0) is 62.5 Å². The van der Waals surface area contributed by atoms with E-state index in [2.05, 4.69) is 32.5 Å². The van der Waals surface area contributed by atoms with Crippen molar-refractivity contribution < 1.29 is 18.7 Å². The fourth-order valence-corrected chi connectivity index (χ4v) is 4.42. The Kier molecular flexibility index (Phi) is 10.9. The normalized spacial score (nSPS) is 11.9. The van der Waals surface area contributed by atoms with Crippen molar-refractivity contribution in [3.8, 4) is 17.2 Å². The van der Waals surface area contributed by atoms with Gasteiger partial charge in [-0.25, -0.2) is 0 Å². The summed E-state index contributed by atoms with van der Waals surface area (Å²) < 4.78 is 17.2. The summed E-state index contributed by atoms with van der Waals surface area (Å²) in [6.07, 6.45) is 0.857. The molecule has 3 aromatic carbocycles. The number of rotatable bonds is 15. The first-order valence-electron chi connectivity index (χ1n) is 12.8. The molecular weight excluding hydrogens is 512 g/mol. The van der Waals surface area contributed by atoms with E-state index in [-0.39, 0.29) is 18.6 Å². The van der Waals surface area contributed by atoms with Crippen LogP contribution in [0.5, 0.6) is 5.75 Å². The number of anilines is 1. The van der Waals surface area contributed by atoms with E-state index in [4.69, 9.17) is 13.9 Å². The number of amides is 1. The number of ether oxygens (including phenoxy) is 2. The third kappa shape index (κ3) is 9.55. The van der Waals surface area contributed by atoms with Gasteiger partial charge >= 0.3 is 0 Å². The molecule has 0 bridgehead atoms. The molecule has 1 amide bonds. The molecule has 39 heavy (non-hydrogen) atoms. The first-order valence-corrected chi connectivity index (χ1v) is 14.0. The molecule has 9 heteroatoms. The number of nitrogens with one attached hydrogen (secondary N) is 1. The highest BCUT2D eigenvalue weighted by Gasteiger charge is 2.14. The molecular formula is C30H34N4O4S. The molecule has 0 aliphatic carbocycles. The average molecular weight is 547 g/mol. The van der Waals surface area contributed by atoms with Gasteiger partial charge in [0.25, 0.3) is 0 Å². The lowest BCUT2D eigenvalue weighted by atomic mass is 10.1. The van der Waals surface area contributed by atoms with Gasteiger partial charge in [0.05, 0.1) is 19.0 Å². The van der Waals surface area contributed by atoms with Crippen molar-refractivity contribution >= 4 is 23.4 Å². The van der Waals surface area contributed by atoms with Gasteiger partial charge in [0, 0.05) is 23.0 Å². The summed E-state index contributed by atoms with van der Waals surface area (Å²) in [5, 5.41) is 11.2. The fraction of sp³-hybridized carbons (Fsp3) is 0.300. The first kappa shape index (κ1) is 28.4. The second-order valence-electron chi connectivity index (χ2n) is 9.16. The molecule has 0 spiro atoms. The van der Waals surface area contributed by atoms with Gasteiger partial charge < -0.3 is 24.1 Å². The van der Waals surface area contributed by atoms with Crippen molar-refractivity contribution in [2.45, 2.75) is 18.2 Å². The van der Waals surface area contributed by atoms with Crippen LogP contribution in [-0.4, -0.2) is 66.7 Å². The number of para-hydroxylation sites is 1. The highest BCUT2D eigenvalue weighted by molar-refractivity contribution is 7.98. The standard InChI is InChI=1S/C30H34N4O4S/c1-34(2)26(19-23-9-5-3-6-10-23)20-36-21-28(35)31-25-15-13-24(14-16-25)30-33-32-29(38-30)22-39-18-17-37-27-11-7-4-8-12-27/h3-16,26H,17-22H2,1-2H3,(H,31,35). The van der Waals surface area contributed by atoms with Gasteiger partial charge in [0.2, 0.25) is 17.7 Å². The Hall–Kier alpha value is -3.66.